The van der Waals surface area contributed by atoms with Gasteiger partial charge in [-0.05, 0) is 47.5 Å². The first kappa shape index (κ1) is 19.5. The zero-order valence-corrected chi connectivity index (χ0v) is 15.2. The van der Waals surface area contributed by atoms with Gasteiger partial charge in [0.2, 0.25) is 5.60 Å². The molecule has 0 aliphatic carbocycles. The summed E-state index contributed by atoms with van der Waals surface area (Å²) >= 11 is 11.6. The van der Waals surface area contributed by atoms with Crippen LogP contribution in [0.4, 0.5) is 18.9 Å². The summed E-state index contributed by atoms with van der Waals surface area (Å²) in [5.74, 6) is 0. The van der Waals surface area contributed by atoms with Gasteiger partial charge >= 0.3 is 6.18 Å². The van der Waals surface area contributed by atoms with E-state index in [2.05, 4.69) is 10.4 Å². The molecule has 142 valence electrons. The van der Waals surface area contributed by atoms with Crippen LogP contribution in [0.3, 0.4) is 0 Å². The van der Waals surface area contributed by atoms with E-state index in [4.69, 9.17) is 23.2 Å². The molecule has 1 unspecified atom stereocenters. The summed E-state index contributed by atoms with van der Waals surface area (Å²) in [7, 11) is 0. The third-order valence-corrected chi connectivity index (χ3v) is 4.41. The summed E-state index contributed by atoms with van der Waals surface area (Å²) in [6, 6.07) is 10.0. The Morgan fingerprint density at radius 1 is 1.07 bits per heavy atom. The molecule has 0 spiro atoms. The summed E-state index contributed by atoms with van der Waals surface area (Å²) in [4.78, 5) is 0. The second-order valence-corrected chi connectivity index (χ2v) is 6.73. The van der Waals surface area contributed by atoms with E-state index in [0.29, 0.717) is 18.3 Å². The quantitative estimate of drug-likeness (QED) is 0.755. The third-order valence-electron chi connectivity index (χ3n) is 3.97. The van der Waals surface area contributed by atoms with Crippen LogP contribution in [0, 0.1) is 0 Å². The van der Waals surface area contributed by atoms with Gasteiger partial charge in [0, 0.05) is 10.0 Å². The number of benzene rings is 2. The van der Waals surface area contributed by atoms with Crippen LogP contribution in [0.1, 0.15) is 11.1 Å². The smallest absolute Gasteiger partial charge is 0.373 e. The largest absolute Gasteiger partial charge is 0.425 e. The Bertz CT molecular complexity index is 864. The van der Waals surface area contributed by atoms with Gasteiger partial charge in [0.25, 0.3) is 0 Å². The minimum atomic E-state index is -4.96. The molecule has 1 aliphatic rings. The normalized spacial score (nSPS) is 16.6. The molecule has 1 atom stereocenters. The lowest BCUT2D eigenvalue weighted by atomic mass is 9.92. The van der Waals surface area contributed by atoms with Crippen molar-refractivity contribution < 1.29 is 18.3 Å². The van der Waals surface area contributed by atoms with Gasteiger partial charge in [0.15, 0.2) is 0 Å². The van der Waals surface area contributed by atoms with Crippen molar-refractivity contribution >= 4 is 41.3 Å². The maximum absolute atomic E-state index is 13.6. The summed E-state index contributed by atoms with van der Waals surface area (Å²) in [5.41, 5.74) is -2.44. The molecule has 0 saturated carbocycles. The molecule has 0 amide bonds. The molecule has 1 heterocycles. The van der Waals surface area contributed by atoms with E-state index in [-0.39, 0.29) is 10.0 Å². The van der Waals surface area contributed by atoms with Crippen molar-refractivity contribution in [3.63, 3.8) is 0 Å². The number of halogens is 5. The lowest BCUT2D eigenvalue weighted by molar-refractivity contribution is -0.244. The van der Waals surface area contributed by atoms with Gasteiger partial charge in [-0.15, -0.1) is 0 Å². The van der Waals surface area contributed by atoms with Crippen molar-refractivity contribution in [2.24, 2.45) is 5.10 Å². The molecule has 1 aliphatic heterocycles. The van der Waals surface area contributed by atoms with Crippen LogP contribution in [0.2, 0.25) is 10.0 Å². The average molecular weight is 416 g/mol. The molecule has 2 aromatic rings. The predicted octanol–water partition coefficient (Wildman–Crippen LogP) is 4.77. The van der Waals surface area contributed by atoms with Crippen LogP contribution in [-0.4, -0.2) is 24.3 Å². The first-order chi connectivity index (χ1) is 12.7. The van der Waals surface area contributed by atoms with Gasteiger partial charge in [-0.1, -0.05) is 41.4 Å². The SMILES string of the molecule is OC(/C=C/c1ccc(N2CNC=N2)cc1)(c1cc(Cl)cc(Cl)c1)C(F)(F)F. The number of nitrogens with one attached hydrogen (secondary N) is 1. The van der Waals surface area contributed by atoms with Crippen LogP contribution >= 0.6 is 23.2 Å². The zero-order valence-electron chi connectivity index (χ0n) is 13.7. The second-order valence-electron chi connectivity index (χ2n) is 5.85. The molecule has 2 aromatic carbocycles. The van der Waals surface area contributed by atoms with E-state index in [1.165, 1.54) is 12.1 Å². The maximum atomic E-state index is 13.6. The average Bonchev–Trinajstić information content (AvgIpc) is 3.13. The molecule has 0 bridgehead atoms. The predicted molar refractivity (Wildman–Crippen MR) is 101 cm³/mol. The first-order valence-electron chi connectivity index (χ1n) is 7.77. The number of alkyl halides is 3. The second kappa shape index (κ2) is 7.42. The minimum Gasteiger partial charge on any atom is -0.373 e. The number of nitrogens with zero attached hydrogens (tertiary/aromatic N) is 2. The van der Waals surface area contributed by atoms with E-state index >= 15 is 0 Å². The number of hydrogen-bond donors (Lipinski definition) is 2. The first-order valence-corrected chi connectivity index (χ1v) is 8.53. The van der Waals surface area contributed by atoms with Gasteiger partial charge in [-0.25, -0.2) is 5.01 Å². The highest BCUT2D eigenvalue weighted by atomic mass is 35.5. The van der Waals surface area contributed by atoms with E-state index < -0.39 is 17.3 Å². The van der Waals surface area contributed by atoms with E-state index in [0.717, 1.165) is 17.8 Å². The highest BCUT2D eigenvalue weighted by Gasteiger charge is 2.53. The van der Waals surface area contributed by atoms with Gasteiger partial charge in [-0.2, -0.15) is 18.3 Å². The van der Waals surface area contributed by atoms with Crippen molar-refractivity contribution in [3.8, 4) is 0 Å². The summed E-state index contributed by atoms with van der Waals surface area (Å²) in [6.45, 7) is 0.512. The van der Waals surface area contributed by atoms with E-state index in [1.807, 2.05) is 0 Å². The maximum Gasteiger partial charge on any atom is 0.425 e. The highest BCUT2D eigenvalue weighted by molar-refractivity contribution is 6.34. The van der Waals surface area contributed by atoms with Crippen molar-refractivity contribution in [2.45, 2.75) is 11.8 Å². The van der Waals surface area contributed by atoms with Crippen molar-refractivity contribution in [1.29, 1.82) is 0 Å². The highest BCUT2D eigenvalue weighted by Crippen LogP contribution is 2.42. The molecular formula is C18H14Cl2F3N3O. The zero-order chi connectivity index (χ0) is 19.7. The van der Waals surface area contributed by atoms with Crippen LogP contribution in [0.15, 0.2) is 53.6 Å². The van der Waals surface area contributed by atoms with Gasteiger partial charge < -0.3 is 10.4 Å². The summed E-state index contributed by atoms with van der Waals surface area (Å²) < 4.78 is 40.8. The molecule has 0 aromatic heterocycles. The molecule has 3 rings (SSSR count). The van der Waals surface area contributed by atoms with Crippen molar-refractivity contribution in [1.82, 2.24) is 5.32 Å². The fourth-order valence-corrected chi connectivity index (χ4v) is 3.07. The van der Waals surface area contributed by atoms with E-state index in [9.17, 15) is 18.3 Å². The minimum absolute atomic E-state index is 0.00212. The van der Waals surface area contributed by atoms with Crippen molar-refractivity contribution in [2.75, 3.05) is 11.7 Å². The molecule has 9 heteroatoms. The Hall–Kier alpha value is -2.22. The number of aliphatic hydroxyl groups is 1. The monoisotopic (exact) mass is 415 g/mol. The van der Waals surface area contributed by atoms with E-state index in [1.54, 1.807) is 35.6 Å². The Balaban J connectivity index is 1.91. The van der Waals surface area contributed by atoms with Crippen LogP contribution in [0.25, 0.3) is 6.08 Å². The molecule has 0 radical (unpaired) electrons. The molecule has 27 heavy (non-hydrogen) atoms. The molecular weight excluding hydrogens is 402 g/mol. The fraction of sp³-hybridized carbons (Fsp3) is 0.167. The van der Waals surface area contributed by atoms with Crippen LogP contribution < -0.4 is 10.3 Å². The Morgan fingerprint density at radius 3 is 2.22 bits per heavy atom. The topological polar surface area (TPSA) is 47.9 Å². The Labute approximate surface area is 163 Å². The number of rotatable bonds is 4. The number of hydrazone groups is 1. The van der Waals surface area contributed by atoms with Gasteiger partial charge in [-0.3, -0.25) is 0 Å². The molecule has 0 saturated heterocycles. The molecule has 0 fully saturated rings. The third kappa shape index (κ3) is 4.21. The molecule has 4 nitrogen and oxygen atoms in total. The standard InChI is InChI=1S/C18H14Cl2F3N3O/c19-14-7-13(8-15(20)9-14)17(27,18(21,22)23)6-5-12-1-3-16(4-2-12)26-11-24-10-25-26/h1-10,27H,11H2,(H,24,25)/b6-5+. The van der Waals surface area contributed by atoms with Gasteiger partial charge in [0.05, 0.1) is 5.69 Å². The number of anilines is 1. The lowest BCUT2D eigenvalue weighted by Crippen LogP contribution is -2.40. The molecule has 2 N–H and O–H groups in total. The van der Waals surface area contributed by atoms with Crippen LogP contribution in [0.5, 0.6) is 0 Å². The Morgan fingerprint density at radius 2 is 1.70 bits per heavy atom. The van der Waals surface area contributed by atoms with Crippen molar-refractivity contribution in [3.05, 3.63) is 69.7 Å². The summed E-state index contributed by atoms with van der Waals surface area (Å²) in [5, 5.41) is 19.1. The van der Waals surface area contributed by atoms with Crippen LogP contribution in [-0.2, 0) is 5.60 Å². The number of hydrogen-bond acceptors (Lipinski definition) is 4. The summed E-state index contributed by atoms with van der Waals surface area (Å²) in [6.07, 6.45) is -1.54. The lowest BCUT2D eigenvalue weighted by Gasteiger charge is -2.28. The van der Waals surface area contributed by atoms with Gasteiger partial charge in [0.1, 0.15) is 13.0 Å². The Kier molecular flexibility index (Phi) is 5.37. The fourth-order valence-electron chi connectivity index (χ4n) is 2.54.